The first-order chi connectivity index (χ1) is 9.44. The van der Waals surface area contributed by atoms with Crippen molar-refractivity contribution in [3.05, 3.63) is 29.3 Å². The van der Waals surface area contributed by atoms with Crippen LogP contribution in [0, 0.1) is 11.8 Å². The zero-order valence-electron chi connectivity index (χ0n) is 12.7. The Labute approximate surface area is 121 Å². The average molecular weight is 276 g/mol. The van der Waals surface area contributed by atoms with E-state index in [0.29, 0.717) is 13.1 Å². The highest BCUT2D eigenvalue weighted by atomic mass is 16.5. The van der Waals surface area contributed by atoms with Gasteiger partial charge in [0.15, 0.2) is 0 Å². The van der Waals surface area contributed by atoms with Gasteiger partial charge < -0.3 is 15.6 Å². The minimum Gasteiger partial charge on any atom is -0.496 e. The third-order valence-electron chi connectivity index (χ3n) is 3.44. The van der Waals surface area contributed by atoms with Gasteiger partial charge in [0, 0.05) is 23.2 Å². The maximum Gasteiger partial charge on any atom is 0.123 e. The standard InChI is InChI=1S/C16H24N2O2/c1-16(2,12-19)18(3)11-14-10-13(6-5-9-17)7-8-15(14)20-4/h7-8,10,19H,9,11-12,17H2,1-4H3. The number of ether oxygens (including phenoxy) is 1. The summed E-state index contributed by atoms with van der Waals surface area (Å²) in [6, 6.07) is 5.84. The SMILES string of the molecule is COc1ccc(C#CCN)cc1CN(C)C(C)(C)CO. The number of nitrogens with zero attached hydrogens (tertiary/aromatic N) is 1. The molecule has 4 heteroatoms. The molecule has 0 unspecified atom stereocenters. The second-order valence-corrected chi connectivity index (χ2v) is 5.36. The molecule has 0 atom stereocenters. The van der Waals surface area contributed by atoms with E-state index < -0.39 is 0 Å². The zero-order valence-corrected chi connectivity index (χ0v) is 12.7. The van der Waals surface area contributed by atoms with Gasteiger partial charge in [0.25, 0.3) is 0 Å². The van der Waals surface area contributed by atoms with Gasteiger partial charge in [-0.2, -0.15) is 0 Å². The fourth-order valence-corrected chi connectivity index (χ4v) is 1.72. The summed E-state index contributed by atoms with van der Waals surface area (Å²) in [7, 11) is 3.63. The smallest absolute Gasteiger partial charge is 0.123 e. The molecule has 0 aliphatic carbocycles. The van der Waals surface area contributed by atoms with Crippen LogP contribution >= 0.6 is 0 Å². The fourth-order valence-electron chi connectivity index (χ4n) is 1.72. The van der Waals surface area contributed by atoms with Crippen LogP contribution in [0.25, 0.3) is 0 Å². The third kappa shape index (κ3) is 4.24. The summed E-state index contributed by atoms with van der Waals surface area (Å²) in [4.78, 5) is 2.09. The largest absolute Gasteiger partial charge is 0.496 e. The van der Waals surface area contributed by atoms with Crippen LogP contribution in [0.2, 0.25) is 0 Å². The first-order valence-electron chi connectivity index (χ1n) is 6.62. The van der Waals surface area contributed by atoms with Crippen molar-refractivity contribution in [1.29, 1.82) is 0 Å². The highest BCUT2D eigenvalue weighted by molar-refractivity contribution is 5.44. The van der Waals surface area contributed by atoms with Crippen molar-refractivity contribution >= 4 is 0 Å². The lowest BCUT2D eigenvalue weighted by Crippen LogP contribution is -2.43. The molecular formula is C16H24N2O2. The van der Waals surface area contributed by atoms with Crippen molar-refractivity contribution in [2.24, 2.45) is 5.73 Å². The van der Waals surface area contributed by atoms with Crippen LogP contribution in [0.4, 0.5) is 0 Å². The number of likely N-dealkylation sites (N-methyl/N-ethyl adjacent to an activating group) is 1. The molecule has 0 saturated heterocycles. The zero-order chi connectivity index (χ0) is 15.2. The molecule has 0 fully saturated rings. The van der Waals surface area contributed by atoms with Gasteiger partial charge in [0.1, 0.15) is 5.75 Å². The van der Waals surface area contributed by atoms with E-state index in [4.69, 9.17) is 10.5 Å². The Hall–Kier alpha value is -1.54. The Bertz CT molecular complexity index is 501. The Balaban J connectivity index is 3.02. The van der Waals surface area contributed by atoms with Crippen molar-refractivity contribution in [1.82, 2.24) is 4.90 Å². The summed E-state index contributed by atoms with van der Waals surface area (Å²) >= 11 is 0. The van der Waals surface area contributed by atoms with Crippen LogP contribution in [0.15, 0.2) is 18.2 Å². The number of benzene rings is 1. The molecule has 1 aromatic carbocycles. The second-order valence-electron chi connectivity index (χ2n) is 5.36. The maximum absolute atomic E-state index is 9.43. The second kappa shape index (κ2) is 7.30. The predicted molar refractivity (Wildman–Crippen MR) is 81.6 cm³/mol. The number of nitrogens with two attached hydrogens (primary N) is 1. The molecule has 3 N–H and O–H groups in total. The number of methoxy groups -OCH3 is 1. The van der Waals surface area contributed by atoms with Crippen molar-refractivity contribution < 1.29 is 9.84 Å². The van der Waals surface area contributed by atoms with Gasteiger partial charge in [-0.15, -0.1) is 0 Å². The van der Waals surface area contributed by atoms with Crippen molar-refractivity contribution in [2.75, 3.05) is 27.3 Å². The van der Waals surface area contributed by atoms with Gasteiger partial charge >= 0.3 is 0 Å². The average Bonchev–Trinajstić information content (AvgIpc) is 2.45. The molecule has 0 bridgehead atoms. The van der Waals surface area contributed by atoms with Gasteiger partial charge in [0.05, 0.1) is 20.3 Å². The van der Waals surface area contributed by atoms with E-state index in [9.17, 15) is 5.11 Å². The molecular weight excluding hydrogens is 252 g/mol. The molecule has 1 rings (SSSR count). The van der Waals surface area contributed by atoms with Crippen molar-refractivity contribution in [3.8, 4) is 17.6 Å². The summed E-state index contributed by atoms with van der Waals surface area (Å²) < 4.78 is 5.39. The van der Waals surface area contributed by atoms with Gasteiger partial charge in [-0.1, -0.05) is 11.8 Å². The first kappa shape index (κ1) is 16.5. The topological polar surface area (TPSA) is 58.7 Å². The number of aliphatic hydroxyl groups excluding tert-OH is 1. The molecule has 0 saturated carbocycles. The highest BCUT2D eigenvalue weighted by Crippen LogP contribution is 2.24. The minimum absolute atomic E-state index is 0.0957. The lowest BCUT2D eigenvalue weighted by atomic mass is 10.0. The Morgan fingerprint density at radius 2 is 2.10 bits per heavy atom. The predicted octanol–water partition coefficient (Wildman–Crippen LogP) is 1.21. The molecule has 0 radical (unpaired) electrons. The Kier molecular flexibility index (Phi) is 6.03. The van der Waals surface area contributed by atoms with Crippen LogP contribution in [0.3, 0.4) is 0 Å². The molecule has 0 spiro atoms. The summed E-state index contributed by atoms with van der Waals surface area (Å²) in [5.41, 5.74) is 7.06. The summed E-state index contributed by atoms with van der Waals surface area (Å²) in [6.45, 7) is 5.11. The van der Waals surface area contributed by atoms with Crippen LogP contribution in [-0.2, 0) is 6.54 Å². The third-order valence-corrected chi connectivity index (χ3v) is 3.44. The summed E-state index contributed by atoms with van der Waals surface area (Å²) in [6.07, 6.45) is 0. The van der Waals surface area contributed by atoms with E-state index in [0.717, 1.165) is 16.9 Å². The van der Waals surface area contributed by atoms with E-state index in [1.54, 1.807) is 7.11 Å². The van der Waals surface area contributed by atoms with Gasteiger partial charge in [-0.25, -0.2) is 0 Å². The molecule has 110 valence electrons. The minimum atomic E-state index is -0.288. The number of hydrogen-bond acceptors (Lipinski definition) is 4. The van der Waals surface area contributed by atoms with Crippen LogP contribution in [0.1, 0.15) is 25.0 Å². The van der Waals surface area contributed by atoms with Crippen LogP contribution < -0.4 is 10.5 Å². The quantitative estimate of drug-likeness (QED) is 0.794. The number of hydrogen-bond donors (Lipinski definition) is 2. The molecule has 1 aromatic rings. The molecule has 0 heterocycles. The molecule has 4 nitrogen and oxygen atoms in total. The lowest BCUT2D eigenvalue weighted by Gasteiger charge is -2.34. The number of rotatable bonds is 5. The van der Waals surface area contributed by atoms with Gasteiger partial charge in [0.2, 0.25) is 0 Å². The summed E-state index contributed by atoms with van der Waals surface area (Å²) in [5, 5.41) is 9.43. The first-order valence-corrected chi connectivity index (χ1v) is 6.62. The highest BCUT2D eigenvalue weighted by Gasteiger charge is 2.23. The van der Waals surface area contributed by atoms with Crippen molar-refractivity contribution in [2.45, 2.75) is 25.9 Å². The molecule has 0 amide bonds. The monoisotopic (exact) mass is 276 g/mol. The Morgan fingerprint density at radius 1 is 1.40 bits per heavy atom. The lowest BCUT2D eigenvalue weighted by molar-refractivity contribution is 0.0728. The van der Waals surface area contributed by atoms with E-state index >= 15 is 0 Å². The molecule has 0 aromatic heterocycles. The van der Waals surface area contributed by atoms with E-state index in [-0.39, 0.29) is 12.1 Å². The molecule has 0 aliphatic rings. The van der Waals surface area contributed by atoms with Gasteiger partial charge in [-0.3, -0.25) is 4.90 Å². The normalized spacial score (nSPS) is 11.2. The molecule has 0 aliphatic heterocycles. The van der Waals surface area contributed by atoms with E-state index in [1.165, 1.54) is 0 Å². The molecule has 20 heavy (non-hydrogen) atoms. The number of aliphatic hydroxyl groups is 1. The van der Waals surface area contributed by atoms with E-state index in [1.807, 2.05) is 39.1 Å². The van der Waals surface area contributed by atoms with E-state index in [2.05, 4.69) is 16.7 Å². The fraction of sp³-hybridized carbons (Fsp3) is 0.500. The van der Waals surface area contributed by atoms with Gasteiger partial charge in [-0.05, 0) is 39.1 Å². The van der Waals surface area contributed by atoms with Crippen LogP contribution in [-0.4, -0.2) is 42.9 Å². The van der Waals surface area contributed by atoms with Crippen LogP contribution in [0.5, 0.6) is 5.75 Å². The Morgan fingerprint density at radius 3 is 2.65 bits per heavy atom. The maximum atomic E-state index is 9.43. The van der Waals surface area contributed by atoms with Crippen molar-refractivity contribution in [3.63, 3.8) is 0 Å². The summed E-state index contributed by atoms with van der Waals surface area (Å²) in [5.74, 6) is 6.69.